The van der Waals surface area contributed by atoms with Crippen molar-refractivity contribution in [3.05, 3.63) is 113 Å². The molecular weight excluding hydrogens is 366 g/mol. The van der Waals surface area contributed by atoms with Crippen molar-refractivity contribution in [3.8, 4) is 6.07 Å². The molecule has 0 spiro atoms. The maximum atomic E-state index is 11.9. The average molecular weight is 385 g/mol. The smallest absolute Gasteiger partial charge is 0.225 e. The maximum absolute atomic E-state index is 11.9. The zero-order chi connectivity index (χ0) is 19.6. The van der Waals surface area contributed by atoms with Gasteiger partial charge in [-0.3, -0.25) is 0 Å². The van der Waals surface area contributed by atoms with E-state index in [0.717, 1.165) is 5.56 Å². The molecule has 2 N–H and O–H groups in total. The van der Waals surface area contributed by atoms with Crippen LogP contribution in [0.4, 0.5) is 0 Å². The van der Waals surface area contributed by atoms with Crippen LogP contribution in [0.2, 0.25) is 0 Å². The third kappa shape index (κ3) is 3.03. The first kappa shape index (κ1) is 18.2. The number of pyridine rings is 1. The number of benzene rings is 2. The van der Waals surface area contributed by atoms with Crippen molar-refractivity contribution in [2.45, 2.75) is 17.7 Å². The van der Waals surface area contributed by atoms with E-state index in [2.05, 4.69) is 11.4 Å². The molecule has 1 aliphatic rings. The van der Waals surface area contributed by atoms with E-state index in [9.17, 15) is 10.4 Å². The number of allylic oxidation sites excluding steroid dienone is 1. The Hall–Kier alpha value is -3.20. The molecule has 3 atom stereocenters. The Morgan fingerprint density at radius 3 is 2.11 bits per heavy atom. The average Bonchev–Trinajstić information content (AvgIpc) is 2.75. The summed E-state index contributed by atoms with van der Waals surface area (Å²) in [6.45, 7) is 0. The fourth-order valence-electron chi connectivity index (χ4n) is 3.90. The second kappa shape index (κ2) is 7.43. The summed E-state index contributed by atoms with van der Waals surface area (Å²) in [6.07, 6.45) is 3.80. The highest BCUT2D eigenvalue weighted by atomic mass is 32.1. The second-order valence-corrected chi connectivity index (χ2v) is 7.18. The van der Waals surface area contributed by atoms with Gasteiger partial charge in [0.05, 0.1) is 12.0 Å². The van der Waals surface area contributed by atoms with Crippen LogP contribution in [-0.2, 0) is 18.4 Å². The number of nitriles is 1. The summed E-state index contributed by atoms with van der Waals surface area (Å²) in [5.41, 5.74) is 0.587. The number of hydrogen-bond donors (Lipinski definition) is 2. The highest BCUT2D eigenvalue weighted by Gasteiger charge is 2.53. The van der Waals surface area contributed by atoms with E-state index in [4.69, 9.17) is 12.6 Å². The Morgan fingerprint density at radius 2 is 1.50 bits per heavy atom. The molecule has 0 radical (unpaired) electrons. The number of nitrogens with one attached hydrogen (secondary N) is 1. The van der Waals surface area contributed by atoms with Gasteiger partial charge >= 0.3 is 0 Å². The van der Waals surface area contributed by atoms with Gasteiger partial charge in [-0.2, -0.15) is 9.83 Å². The highest BCUT2D eigenvalue weighted by molar-refractivity contribution is 7.63. The minimum absolute atomic E-state index is 0.274. The van der Waals surface area contributed by atoms with Crippen molar-refractivity contribution < 1.29 is 9.67 Å². The largest absolute Gasteiger partial charge is 0.762 e. The van der Waals surface area contributed by atoms with Crippen LogP contribution in [0.1, 0.15) is 23.1 Å². The third-order valence-corrected chi connectivity index (χ3v) is 5.48. The summed E-state index contributed by atoms with van der Waals surface area (Å²) in [4.78, 5) is 0. The number of rotatable bonds is 3. The first-order chi connectivity index (χ1) is 13.6. The molecule has 0 aliphatic carbocycles. The van der Waals surface area contributed by atoms with Gasteiger partial charge in [0.1, 0.15) is 0 Å². The van der Waals surface area contributed by atoms with Crippen LogP contribution < -0.4 is 9.88 Å². The van der Waals surface area contributed by atoms with Gasteiger partial charge in [0.2, 0.25) is 11.8 Å². The van der Waals surface area contributed by atoms with Crippen LogP contribution in [-0.4, -0.2) is 5.11 Å². The van der Waals surface area contributed by atoms with E-state index in [0.29, 0.717) is 11.1 Å². The molecule has 0 fully saturated rings. The molecule has 28 heavy (non-hydrogen) atoms. The Kier molecular flexibility index (Phi) is 4.82. The summed E-state index contributed by atoms with van der Waals surface area (Å²) in [6, 6.07) is 26.6. The Balaban J connectivity index is 2.01. The topological polar surface area (TPSA) is 59.9 Å². The zero-order valence-corrected chi connectivity index (χ0v) is 15.9. The summed E-state index contributed by atoms with van der Waals surface area (Å²) in [5, 5.41) is 25.2. The molecule has 0 saturated heterocycles. The maximum Gasteiger partial charge on any atom is 0.225 e. The fraction of sp³-hybridized carbons (Fsp3) is 0.130. The minimum Gasteiger partial charge on any atom is -0.762 e. The Bertz CT molecular complexity index is 1030. The van der Waals surface area contributed by atoms with E-state index >= 15 is 0 Å². The first-order valence-corrected chi connectivity index (χ1v) is 9.44. The molecule has 4 nitrogen and oxygen atoms in total. The first-order valence-electron chi connectivity index (χ1n) is 9.03. The Morgan fingerprint density at radius 1 is 0.929 bits per heavy atom. The van der Waals surface area contributed by atoms with Crippen LogP contribution >= 0.6 is 0 Å². The molecule has 2 heterocycles. The lowest BCUT2D eigenvalue weighted by atomic mass is 9.75. The standard InChI is InChI=1S/C23H19N3OS/c24-16-19-20(17-10-4-1-5-11-17)21(26-14-8-3-9-15-26)23(27,25-22(19)28)18-12-6-2-7-13-18/h1-15,20-21,25,27H. The minimum atomic E-state index is -1.48. The van der Waals surface area contributed by atoms with Crippen LogP contribution in [0.25, 0.3) is 0 Å². The lowest BCUT2D eigenvalue weighted by Crippen LogP contribution is -2.62. The lowest BCUT2D eigenvalue weighted by molar-refractivity contribution is -0.743. The van der Waals surface area contributed by atoms with E-state index in [1.54, 1.807) is 0 Å². The number of nitrogens with zero attached hydrogens (tertiary/aromatic N) is 2. The van der Waals surface area contributed by atoms with E-state index in [1.165, 1.54) is 0 Å². The molecule has 3 unspecified atom stereocenters. The van der Waals surface area contributed by atoms with Crippen molar-refractivity contribution in [2.75, 3.05) is 0 Å². The van der Waals surface area contributed by atoms with Crippen LogP contribution in [0.15, 0.2) is 102 Å². The highest BCUT2D eigenvalue weighted by Crippen LogP contribution is 2.46. The fourth-order valence-corrected chi connectivity index (χ4v) is 4.23. The number of aliphatic hydroxyl groups is 1. The predicted octanol–water partition coefficient (Wildman–Crippen LogP) is 3.03. The van der Waals surface area contributed by atoms with Crippen LogP contribution in [0.5, 0.6) is 0 Å². The van der Waals surface area contributed by atoms with Crippen molar-refractivity contribution in [1.29, 1.82) is 5.26 Å². The third-order valence-electron chi connectivity index (χ3n) is 5.16. The van der Waals surface area contributed by atoms with Crippen molar-refractivity contribution in [1.82, 2.24) is 5.32 Å². The second-order valence-electron chi connectivity index (χ2n) is 6.77. The van der Waals surface area contributed by atoms with Crippen molar-refractivity contribution in [3.63, 3.8) is 0 Å². The predicted molar refractivity (Wildman–Crippen MR) is 108 cm³/mol. The molecule has 138 valence electrons. The van der Waals surface area contributed by atoms with Gasteiger partial charge in [0, 0.05) is 23.3 Å². The molecule has 3 aromatic rings. The van der Waals surface area contributed by atoms with Gasteiger partial charge < -0.3 is 23.1 Å². The monoisotopic (exact) mass is 385 g/mol. The van der Waals surface area contributed by atoms with Crippen molar-refractivity contribution >= 4 is 12.6 Å². The van der Waals surface area contributed by atoms with Gasteiger partial charge in [-0.1, -0.05) is 71.8 Å². The van der Waals surface area contributed by atoms with E-state index in [1.807, 2.05) is 95.8 Å². The van der Waals surface area contributed by atoms with Gasteiger partial charge in [-0.15, -0.1) is 0 Å². The summed E-state index contributed by atoms with van der Waals surface area (Å²) >= 11 is 5.52. The van der Waals surface area contributed by atoms with E-state index < -0.39 is 17.7 Å². The molecule has 0 saturated carbocycles. The molecule has 5 heteroatoms. The Labute approximate surface area is 169 Å². The summed E-state index contributed by atoms with van der Waals surface area (Å²) in [7, 11) is 0. The molecule has 2 aromatic carbocycles. The quantitative estimate of drug-likeness (QED) is 0.537. The van der Waals surface area contributed by atoms with Gasteiger partial charge in [-0.25, -0.2) is 0 Å². The van der Waals surface area contributed by atoms with Crippen LogP contribution in [0, 0.1) is 11.3 Å². The normalized spacial score (nSPS) is 24.3. The van der Waals surface area contributed by atoms with Crippen molar-refractivity contribution in [2.24, 2.45) is 0 Å². The van der Waals surface area contributed by atoms with Gasteiger partial charge in [0.15, 0.2) is 12.4 Å². The number of hydrogen-bond acceptors (Lipinski definition) is 4. The summed E-state index contributed by atoms with van der Waals surface area (Å²) < 4.78 is 1.94. The van der Waals surface area contributed by atoms with E-state index in [-0.39, 0.29) is 5.03 Å². The summed E-state index contributed by atoms with van der Waals surface area (Å²) in [5.74, 6) is -0.405. The number of aromatic nitrogens is 1. The molecule has 1 aromatic heterocycles. The molecule has 4 rings (SSSR count). The SMILES string of the molecule is N#CC1=C([S-])NC(O)(c2ccccc2)C([n+]2ccccc2)C1c1ccccc1. The molecule has 1 aliphatic heterocycles. The van der Waals surface area contributed by atoms with Gasteiger partial charge in [0.25, 0.3) is 0 Å². The molecular formula is C23H19N3OS. The molecule has 0 bridgehead atoms. The van der Waals surface area contributed by atoms with Crippen LogP contribution in [0.3, 0.4) is 0 Å². The lowest BCUT2D eigenvalue weighted by Gasteiger charge is -2.45. The molecule has 0 amide bonds. The zero-order valence-electron chi connectivity index (χ0n) is 15.1. The van der Waals surface area contributed by atoms with Gasteiger partial charge in [-0.05, 0) is 5.56 Å².